The highest BCUT2D eigenvalue weighted by Crippen LogP contribution is 2.27. The number of anilines is 2. The SMILES string of the molecule is N#CCSc1ccccc1NC(=O)CNc1ccc(SC(F)F)cc1. The second kappa shape index (κ2) is 9.91. The Balaban J connectivity index is 1.88. The van der Waals surface area contributed by atoms with Crippen LogP contribution >= 0.6 is 23.5 Å². The number of thioether (sulfide) groups is 2. The first-order valence-corrected chi connectivity index (χ1v) is 9.12. The largest absolute Gasteiger partial charge is 0.376 e. The zero-order valence-corrected chi connectivity index (χ0v) is 14.7. The summed E-state index contributed by atoms with van der Waals surface area (Å²) in [6, 6.07) is 15.7. The van der Waals surface area contributed by atoms with Crippen LogP contribution in [0, 0.1) is 11.3 Å². The van der Waals surface area contributed by atoms with E-state index in [1.807, 2.05) is 18.2 Å². The molecule has 2 rings (SSSR count). The molecule has 130 valence electrons. The quantitative estimate of drug-likeness (QED) is 0.653. The fourth-order valence-corrected chi connectivity index (χ4v) is 3.11. The molecule has 0 heterocycles. The molecule has 2 aromatic rings. The third kappa shape index (κ3) is 6.64. The van der Waals surface area contributed by atoms with E-state index in [-0.39, 0.29) is 12.5 Å². The van der Waals surface area contributed by atoms with Crippen molar-refractivity contribution in [2.24, 2.45) is 0 Å². The predicted octanol–water partition coefficient (Wildman–Crippen LogP) is 4.67. The number of nitrogens with zero attached hydrogens (tertiary/aromatic N) is 1. The van der Waals surface area contributed by atoms with Gasteiger partial charge in [-0.15, -0.1) is 11.8 Å². The van der Waals surface area contributed by atoms with Gasteiger partial charge in [0.15, 0.2) is 0 Å². The molecule has 0 aliphatic heterocycles. The zero-order chi connectivity index (χ0) is 18.1. The molecule has 4 nitrogen and oxygen atoms in total. The van der Waals surface area contributed by atoms with Crippen molar-refractivity contribution in [1.29, 1.82) is 5.26 Å². The highest BCUT2D eigenvalue weighted by molar-refractivity contribution is 7.99. The molecule has 0 aliphatic carbocycles. The molecule has 0 aromatic heterocycles. The number of halogens is 2. The monoisotopic (exact) mass is 379 g/mol. The lowest BCUT2D eigenvalue weighted by molar-refractivity contribution is -0.114. The van der Waals surface area contributed by atoms with Gasteiger partial charge < -0.3 is 10.6 Å². The van der Waals surface area contributed by atoms with E-state index in [2.05, 4.69) is 10.6 Å². The van der Waals surface area contributed by atoms with Crippen LogP contribution in [0.5, 0.6) is 0 Å². The second-order valence-corrected chi connectivity index (χ2v) is 6.83. The maximum atomic E-state index is 12.3. The van der Waals surface area contributed by atoms with Crippen molar-refractivity contribution >= 4 is 40.8 Å². The second-order valence-electron chi connectivity index (χ2n) is 4.75. The van der Waals surface area contributed by atoms with Gasteiger partial charge >= 0.3 is 0 Å². The lowest BCUT2D eigenvalue weighted by Gasteiger charge is -2.11. The van der Waals surface area contributed by atoms with E-state index in [9.17, 15) is 13.6 Å². The minimum absolute atomic E-state index is 0.0403. The molecular weight excluding hydrogens is 364 g/mol. The molecule has 2 aromatic carbocycles. The molecule has 0 saturated carbocycles. The van der Waals surface area contributed by atoms with E-state index in [0.717, 1.165) is 4.90 Å². The van der Waals surface area contributed by atoms with Crippen LogP contribution in [0.15, 0.2) is 58.3 Å². The number of carbonyl (C=O) groups is 1. The molecule has 0 fully saturated rings. The number of carbonyl (C=O) groups excluding carboxylic acids is 1. The van der Waals surface area contributed by atoms with E-state index in [1.54, 1.807) is 36.4 Å². The number of nitriles is 1. The van der Waals surface area contributed by atoms with Crippen LogP contribution in [0.3, 0.4) is 0 Å². The van der Waals surface area contributed by atoms with Crippen molar-refractivity contribution in [1.82, 2.24) is 0 Å². The summed E-state index contributed by atoms with van der Waals surface area (Å²) < 4.78 is 24.5. The maximum absolute atomic E-state index is 12.3. The van der Waals surface area contributed by atoms with Gasteiger partial charge in [0.2, 0.25) is 5.91 Å². The predicted molar refractivity (Wildman–Crippen MR) is 98.2 cm³/mol. The van der Waals surface area contributed by atoms with Gasteiger partial charge in [-0.25, -0.2) is 0 Å². The minimum atomic E-state index is -2.46. The Labute approximate surface area is 153 Å². The number of alkyl halides is 2. The number of rotatable bonds is 8. The van der Waals surface area contributed by atoms with Crippen molar-refractivity contribution in [3.8, 4) is 6.07 Å². The fraction of sp³-hybridized carbons (Fsp3) is 0.176. The first-order chi connectivity index (χ1) is 12.1. The lowest BCUT2D eigenvalue weighted by Crippen LogP contribution is -2.22. The summed E-state index contributed by atoms with van der Waals surface area (Å²) >= 11 is 1.83. The number of para-hydroxylation sites is 1. The molecule has 2 N–H and O–H groups in total. The Morgan fingerprint density at radius 1 is 1.16 bits per heavy atom. The first-order valence-electron chi connectivity index (χ1n) is 7.26. The molecule has 1 amide bonds. The van der Waals surface area contributed by atoms with Crippen LogP contribution in [-0.2, 0) is 4.79 Å². The lowest BCUT2D eigenvalue weighted by atomic mass is 10.3. The van der Waals surface area contributed by atoms with Gasteiger partial charge in [-0.05, 0) is 36.4 Å². The van der Waals surface area contributed by atoms with Gasteiger partial charge in [0.1, 0.15) is 0 Å². The average molecular weight is 379 g/mol. The van der Waals surface area contributed by atoms with Crippen molar-refractivity contribution in [2.75, 3.05) is 22.9 Å². The van der Waals surface area contributed by atoms with Gasteiger partial charge in [-0.2, -0.15) is 14.0 Å². The summed E-state index contributed by atoms with van der Waals surface area (Å²) in [6.45, 7) is 0.0403. The highest BCUT2D eigenvalue weighted by atomic mass is 32.2. The van der Waals surface area contributed by atoms with Crippen molar-refractivity contribution in [3.05, 3.63) is 48.5 Å². The first kappa shape index (κ1) is 19.1. The molecule has 8 heteroatoms. The molecular formula is C17H15F2N3OS2. The van der Waals surface area contributed by atoms with Crippen LogP contribution in [-0.4, -0.2) is 24.0 Å². The summed E-state index contributed by atoms with van der Waals surface area (Å²) in [5, 5.41) is 14.4. The summed E-state index contributed by atoms with van der Waals surface area (Å²) in [5.41, 5.74) is 1.32. The Bertz CT molecular complexity index is 748. The molecule has 0 saturated heterocycles. The van der Waals surface area contributed by atoms with Crippen LogP contribution in [0.2, 0.25) is 0 Å². The fourth-order valence-electron chi connectivity index (χ4n) is 1.94. The topological polar surface area (TPSA) is 64.9 Å². The number of hydrogen-bond donors (Lipinski definition) is 2. The Morgan fingerprint density at radius 3 is 2.56 bits per heavy atom. The molecule has 0 aliphatic rings. The molecule has 25 heavy (non-hydrogen) atoms. The van der Waals surface area contributed by atoms with Crippen LogP contribution in [0.25, 0.3) is 0 Å². The molecule has 0 radical (unpaired) electrons. The Morgan fingerprint density at radius 2 is 1.88 bits per heavy atom. The van der Waals surface area contributed by atoms with Crippen LogP contribution < -0.4 is 10.6 Å². The molecule has 0 bridgehead atoms. The van der Waals surface area contributed by atoms with Crippen LogP contribution in [0.4, 0.5) is 20.2 Å². The number of hydrogen-bond acceptors (Lipinski definition) is 5. The summed E-state index contributed by atoms with van der Waals surface area (Å²) in [7, 11) is 0. The van der Waals surface area contributed by atoms with E-state index < -0.39 is 5.76 Å². The highest BCUT2D eigenvalue weighted by Gasteiger charge is 2.08. The zero-order valence-electron chi connectivity index (χ0n) is 13.0. The van der Waals surface area contributed by atoms with Crippen molar-refractivity contribution < 1.29 is 13.6 Å². The van der Waals surface area contributed by atoms with Gasteiger partial charge in [0.25, 0.3) is 5.76 Å². The minimum Gasteiger partial charge on any atom is -0.376 e. The third-order valence-electron chi connectivity index (χ3n) is 2.99. The molecule has 0 atom stereocenters. The van der Waals surface area contributed by atoms with Crippen LogP contribution in [0.1, 0.15) is 0 Å². The number of benzene rings is 2. The number of amides is 1. The van der Waals surface area contributed by atoms with Gasteiger partial charge in [-0.3, -0.25) is 4.79 Å². The third-order valence-corrected chi connectivity index (χ3v) is 4.65. The average Bonchev–Trinajstić information content (AvgIpc) is 2.60. The normalized spacial score (nSPS) is 10.3. The van der Waals surface area contributed by atoms with E-state index in [4.69, 9.17) is 5.26 Å². The maximum Gasteiger partial charge on any atom is 0.288 e. The van der Waals surface area contributed by atoms with Gasteiger partial charge in [-0.1, -0.05) is 23.9 Å². The Kier molecular flexibility index (Phi) is 7.57. The molecule has 0 spiro atoms. The smallest absolute Gasteiger partial charge is 0.288 e. The molecule has 0 unspecified atom stereocenters. The van der Waals surface area contributed by atoms with Gasteiger partial charge in [0, 0.05) is 15.5 Å². The van der Waals surface area contributed by atoms with E-state index in [1.165, 1.54) is 11.8 Å². The van der Waals surface area contributed by atoms with E-state index in [0.29, 0.717) is 33.8 Å². The Hall–Kier alpha value is -2.24. The summed E-state index contributed by atoms with van der Waals surface area (Å²) in [5.74, 6) is -2.40. The number of nitrogens with one attached hydrogen (secondary N) is 2. The summed E-state index contributed by atoms with van der Waals surface area (Å²) in [4.78, 5) is 13.4. The van der Waals surface area contributed by atoms with E-state index >= 15 is 0 Å². The van der Waals surface area contributed by atoms with Crippen molar-refractivity contribution in [3.63, 3.8) is 0 Å². The standard InChI is InChI=1S/C17H15F2N3OS2/c18-17(19)25-13-7-5-12(6-8-13)21-11-16(23)22-14-3-1-2-4-15(14)24-10-9-20/h1-8,17,21H,10-11H2,(H,22,23). The summed E-state index contributed by atoms with van der Waals surface area (Å²) in [6.07, 6.45) is 0. The van der Waals surface area contributed by atoms with Gasteiger partial charge in [0.05, 0.1) is 24.1 Å². The van der Waals surface area contributed by atoms with Crippen molar-refractivity contribution in [2.45, 2.75) is 15.5 Å².